The number of nitrogens with zero attached hydrogens (tertiary/aromatic N) is 1. The number of primary amides is 1. The molecule has 0 aromatic heterocycles. The van der Waals surface area contributed by atoms with E-state index in [0.29, 0.717) is 6.54 Å². The first-order valence-corrected chi connectivity index (χ1v) is 5.41. The number of nitrogens with two attached hydrogens (primary N) is 1. The van der Waals surface area contributed by atoms with Crippen LogP contribution < -0.4 is 11.1 Å². The number of hydrogen-bond donors (Lipinski definition) is 2. The van der Waals surface area contributed by atoms with Crippen molar-refractivity contribution in [3.05, 3.63) is 0 Å². The molecule has 0 radical (unpaired) electrons. The number of rotatable bonds is 5. The van der Waals surface area contributed by atoms with Crippen LogP contribution in [0.5, 0.6) is 0 Å². The molecule has 5 heteroatoms. The van der Waals surface area contributed by atoms with Crippen LogP contribution in [0.4, 0.5) is 0 Å². The lowest BCUT2D eigenvalue weighted by Gasteiger charge is -2.21. The zero-order valence-electron chi connectivity index (χ0n) is 9.32. The van der Waals surface area contributed by atoms with Gasteiger partial charge in [0.05, 0.1) is 6.04 Å². The number of hydrogen-bond acceptors (Lipinski definition) is 3. The van der Waals surface area contributed by atoms with E-state index in [9.17, 15) is 9.59 Å². The van der Waals surface area contributed by atoms with Gasteiger partial charge in [-0.3, -0.25) is 9.59 Å². The molecule has 0 aliphatic carbocycles. The Bertz CT molecular complexity index is 255. The number of carbonyl (C=O) groups excluding carboxylic acids is 2. The minimum atomic E-state index is -0.495. The SMILES string of the molecule is CCCNC1CCN(C(C)C(N)=O)C1=O. The quantitative estimate of drug-likeness (QED) is 0.644. The molecule has 15 heavy (non-hydrogen) atoms. The third-order valence-corrected chi connectivity index (χ3v) is 2.76. The Morgan fingerprint density at radius 3 is 2.93 bits per heavy atom. The number of likely N-dealkylation sites (tertiary alicyclic amines) is 1. The van der Waals surface area contributed by atoms with E-state index >= 15 is 0 Å². The minimum absolute atomic E-state index is 0.00486. The molecule has 1 saturated heterocycles. The second-order valence-corrected chi connectivity index (χ2v) is 3.91. The summed E-state index contributed by atoms with van der Waals surface area (Å²) in [7, 11) is 0. The second-order valence-electron chi connectivity index (χ2n) is 3.91. The van der Waals surface area contributed by atoms with Gasteiger partial charge in [0.25, 0.3) is 0 Å². The van der Waals surface area contributed by atoms with Gasteiger partial charge in [0, 0.05) is 6.54 Å². The predicted molar refractivity (Wildman–Crippen MR) is 57.1 cm³/mol. The van der Waals surface area contributed by atoms with Crippen molar-refractivity contribution in [2.24, 2.45) is 5.73 Å². The van der Waals surface area contributed by atoms with Crippen molar-refractivity contribution in [3.63, 3.8) is 0 Å². The highest BCUT2D eigenvalue weighted by atomic mass is 16.2. The molecule has 2 atom stereocenters. The molecule has 86 valence electrons. The molecule has 1 heterocycles. The molecular formula is C10H19N3O2. The normalized spacial score (nSPS) is 23.2. The lowest BCUT2D eigenvalue weighted by molar-refractivity contribution is -0.136. The molecule has 0 aromatic rings. The Labute approximate surface area is 90.0 Å². The van der Waals surface area contributed by atoms with Gasteiger partial charge in [-0.25, -0.2) is 0 Å². The molecular weight excluding hydrogens is 194 g/mol. The van der Waals surface area contributed by atoms with Crippen LogP contribution >= 0.6 is 0 Å². The summed E-state index contributed by atoms with van der Waals surface area (Å²) < 4.78 is 0. The largest absolute Gasteiger partial charge is 0.368 e. The lowest BCUT2D eigenvalue weighted by atomic mass is 10.2. The van der Waals surface area contributed by atoms with Crippen LogP contribution in [0.15, 0.2) is 0 Å². The fourth-order valence-corrected chi connectivity index (χ4v) is 1.75. The summed E-state index contributed by atoms with van der Waals surface area (Å²) in [5.74, 6) is -0.450. The van der Waals surface area contributed by atoms with Gasteiger partial charge in [-0.2, -0.15) is 0 Å². The van der Waals surface area contributed by atoms with Gasteiger partial charge in [0.15, 0.2) is 0 Å². The minimum Gasteiger partial charge on any atom is -0.368 e. The van der Waals surface area contributed by atoms with Gasteiger partial charge < -0.3 is 16.0 Å². The summed E-state index contributed by atoms with van der Waals surface area (Å²) in [6.07, 6.45) is 1.76. The molecule has 1 aliphatic heterocycles. The van der Waals surface area contributed by atoms with Crippen molar-refractivity contribution in [1.82, 2.24) is 10.2 Å². The Balaban J connectivity index is 2.52. The number of nitrogens with one attached hydrogen (secondary N) is 1. The summed E-state index contributed by atoms with van der Waals surface area (Å²) in [6.45, 7) is 5.16. The molecule has 1 fully saturated rings. The fourth-order valence-electron chi connectivity index (χ4n) is 1.75. The maximum absolute atomic E-state index is 11.8. The molecule has 3 N–H and O–H groups in total. The summed E-state index contributed by atoms with van der Waals surface area (Å²) in [5.41, 5.74) is 5.17. The van der Waals surface area contributed by atoms with E-state index in [0.717, 1.165) is 19.4 Å². The van der Waals surface area contributed by atoms with E-state index in [4.69, 9.17) is 5.73 Å². The maximum Gasteiger partial charge on any atom is 0.240 e. The van der Waals surface area contributed by atoms with Crippen LogP contribution in [-0.4, -0.2) is 41.9 Å². The van der Waals surface area contributed by atoms with Gasteiger partial charge in [-0.05, 0) is 26.3 Å². The van der Waals surface area contributed by atoms with Crippen molar-refractivity contribution in [2.45, 2.75) is 38.8 Å². The van der Waals surface area contributed by atoms with E-state index in [1.807, 2.05) is 0 Å². The number of amides is 2. The van der Waals surface area contributed by atoms with Crippen LogP contribution in [-0.2, 0) is 9.59 Å². The fraction of sp³-hybridized carbons (Fsp3) is 0.800. The van der Waals surface area contributed by atoms with Crippen LogP contribution in [0.2, 0.25) is 0 Å². The van der Waals surface area contributed by atoms with Gasteiger partial charge in [-0.15, -0.1) is 0 Å². The van der Waals surface area contributed by atoms with Crippen LogP contribution in [0.3, 0.4) is 0 Å². The molecule has 2 unspecified atom stereocenters. The highest BCUT2D eigenvalue weighted by molar-refractivity contribution is 5.90. The zero-order valence-corrected chi connectivity index (χ0v) is 9.32. The predicted octanol–water partition coefficient (Wildman–Crippen LogP) is -0.539. The summed E-state index contributed by atoms with van der Waals surface area (Å²) in [5, 5.41) is 3.16. The monoisotopic (exact) mass is 213 g/mol. The van der Waals surface area contributed by atoms with Crippen LogP contribution in [0.25, 0.3) is 0 Å². The van der Waals surface area contributed by atoms with Gasteiger partial charge in [-0.1, -0.05) is 6.92 Å². The zero-order chi connectivity index (χ0) is 11.4. The number of carbonyl (C=O) groups is 2. The molecule has 5 nitrogen and oxygen atoms in total. The first kappa shape index (κ1) is 12.0. The standard InChI is InChI=1S/C10H19N3O2/c1-3-5-12-8-4-6-13(10(8)15)7(2)9(11)14/h7-8,12H,3-6H2,1-2H3,(H2,11,14). The second kappa shape index (κ2) is 5.11. The third-order valence-electron chi connectivity index (χ3n) is 2.76. The van der Waals surface area contributed by atoms with Crippen molar-refractivity contribution in [2.75, 3.05) is 13.1 Å². The molecule has 2 amide bonds. The third kappa shape index (κ3) is 2.68. The van der Waals surface area contributed by atoms with Crippen molar-refractivity contribution in [1.29, 1.82) is 0 Å². The molecule has 1 aliphatic rings. The van der Waals surface area contributed by atoms with Gasteiger partial charge in [0.1, 0.15) is 6.04 Å². The smallest absolute Gasteiger partial charge is 0.240 e. The van der Waals surface area contributed by atoms with Gasteiger partial charge in [0.2, 0.25) is 11.8 Å². The summed E-state index contributed by atoms with van der Waals surface area (Å²) in [4.78, 5) is 24.3. The average molecular weight is 213 g/mol. The first-order valence-electron chi connectivity index (χ1n) is 5.41. The van der Waals surface area contributed by atoms with E-state index in [2.05, 4.69) is 12.2 Å². The lowest BCUT2D eigenvalue weighted by Crippen LogP contribution is -2.47. The molecule has 0 saturated carbocycles. The van der Waals surface area contributed by atoms with Crippen molar-refractivity contribution in [3.8, 4) is 0 Å². The van der Waals surface area contributed by atoms with E-state index in [-0.39, 0.29) is 11.9 Å². The van der Waals surface area contributed by atoms with Crippen molar-refractivity contribution < 1.29 is 9.59 Å². The van der Waals surface area contributed by atoms with Crippen molar-refractivity contribution >= 4 is 11.8 Å². The Morgan fingerprint density at radius 2 is 2.40 bits per heavy atom. The molecule has 0 aromatic carbocycles. The van der Waals surface area contributed by atoms with Crippen LogP contribution in [0.1, 0.15) is 26.7 Å². The summed E-state index contributed by atoms with van der Waals surface area (Å²) >= 11 is 0. The Hall–Kier alpha value is -1.10. The summed E-state index contributed by atoms with van der Waals surface area (Å²) in [6, 6.07) is -0.627. The van der Waals surface area contributed by atoms with E-state index in [1.54, 1.807) is 11.8 Å². The highest BCUT2D eigenvalue weighted by Crippen LogP contribution is 2.14. The first-order chi connectivity index (χ1) is 7.07. The van der Waals surface area contributed by atoms with E-state index < -0.39 is 11.9 Å². The molecule has 0 spiro atoms. The Morgan fingerprint density at radius 1 is 1.73 bits per heavy atom. The van der Waals surface area contributed by atoms with Gasteiger partial charge >= 0.3 is 0 Å². The topological polar surface area (TPSA) is 75.4 Å². The maximum atomic E-state index is 11.8. The van der Waals surface area contributed by atoms with Crippen LogP contribution in [0, 0.1) is 0 Å². The molecule has 1 rings (SSSR count). The Kier molecular flexibility index (Phi) is 4.08. The average Bonchev–Trinajstić information content (AvgIpc) is 2.55. The van der Waals surface area contributed by atoms with E-state index in [1.165, 1.54) is 0 Å². The molecule has 0 bridgehead atoms. The highest BCUT2D eigenvalue weighted by Gasteiger charge is 2.35.